The van der Waals surface area contributed by atoms with E-state index in [1.54, 1.807) is 48.7 Å². The van der Waals surface area contributed by atoms with E-state index < -0.39 is 6.09 Å². The number of rotatable bonds is 7. The normalized spacial score (nSPS) is 13.3. The van der Waals surface area contributed by atoms with Gasteiger partial charge in [0.2, 0.25) is 0 Å². The van der Waals surface area contributed by atoms with Gasteiger partial charge in [-0.3, -0.25) is 15.1 Å². The van der Waals surface area contributed by atoms with Crippen molar-refractivity contribution in [3.63, 3.8) is 0 Å². The van der Waals surface area contributed by atoms with Crippen molar-refractivity contribution in [1.82, 2.24) is 9.97 Å². The van der Waals surface area contributed by atoms with Crippen LogP contribution >= 0.6 is 0 Å². The lowest BCUT2D eigenvalue weighted by Gasteiger charge is -2.16. The predicted molar refractivity (Wildman–Crippen MR) is 124 cm³/mol. The predicted octanol–water partition coefficient (Wildman–Crippen LogP) is 4.72. The number of nitrogens with one attached hydrogen (secondary N) is 1. The quantitative estimate of drug-likeness (QED) is 0.433. The van der Waals surface area contributed by atoms with Crippen LogP contribution in [0.2, 0.25) is 0 Å². The van der Waals surface area contributed by atoms with Crippen molar-refractivity contribution in [2.24, 2.45) is 0 Å². The molecule has 1 aromatic carbocycles. The Hall–Kier alpha value is -4.00. The standard InChI is InChI=1S/C25H24N4O3/c30-23(14-13-20-7-5-8-24(27-20)29-16-3-4-17-29)19-9-11-21(12-10-19)28-25(31)32-18-22-6-1-2-15-26-22/h1-2,5-15H,3-4,16-18H2,(H,28,31)/b14-13+. The highest BCUT2D eigenvalue weighted by molar-refractivity contribution is 6.07. The lowest BCUT2D eigenvalue weighted by atomic mass is 10.1. The molecule has 7 nitrogen and oxygen atoms in total. The van der Waals surface area contributed by atoms with E-state index >= 15 is 0 Å². The number of pyridine rings is 2. The maximum absolute atomic E-state index is 12.5. The van der Waals surface area contributed by atoms with Crippen LogP contribution in [0.3, 0.4) is 0 Å². The first-order valence-electron chi connectivity index (χ1n) is 10.6. The molecule has 1 saturated heterocycles. The maximum atomic E-state index is 12.5. The van der Waals surface area contributed by atoms with Gasteiger partial charge in [0.25, 0.3) is 0 Å². The smallest absolute Gasteiger partial charge is 0.412 e. The van der Waals surface area contributed by atoms with Crippen molar-refractivity contribution >= 4 is 29.5 Å². The van der Waals surface area contributed by atoms with Crippen LogP contribution in [-0.4, -0.2) is 34.9 Å². The SMILES string of the molecule is O=C(Nc1ccc(C(=O)/C=C/c2cccc(N3CCCC3)n2)cc1)OCc1ccccn1. The molecular formula is C25H24N4O3. The number of aromatic nitrogens is 2. The van der Waals surface area contributed by atoms with Crippen LogP contribution in [0, 0.1) is 0 Å². The minimum absolute atomic E-state index is 0.0844. The zero-order chi connectivity index (χ0) is 22.2. The Labute approximate surface area is 186 Å². The Morgan fingerprint density at radius 2 is 1.81 bits per heavy atom. The summed E-state index contributed by atoms with van der Waals surface area (Å²) in [6, 6.07) is 17.9. The topological polar surface area (TPSA) is 84.4 Å². The van der Waals surface area contributed by atoms with Gasteiger partial charge in [0.05, 0.1) is 11.4 Å². The Morgan fingerprint density at radius 1 is 1.00 bits per heavy atom. The largest absolute Gasteiger partial charge is 0.443 e. The van der Waals surface area contributed by atoms with E-state index in [1.165, 1.54) is 18.9 Å². The van der Waals surface area contributed by atoms with Crippen molar-refractivity contribution in [1.29, 1.82) is 0 Å². The fourth-order valence-electron chi connectivity index (χ4n) is 3.41. The van der Waals surface area contributed by atoms with E-state index in [2.05, 4.69) is 20.2 Å². The number of hydrogen-bond acceptors (Lipinski definition) is 6. The van der Waals surface area contributed by atoms with Gasteiger partial charge < -0.3 is 9.64 Å². The molecule has 1 amide bonds. The zero-order valence-electron chi connectivity index (χ0n) is 17.6. The summed E-state index contributed by atoms with van der Waals surface area (Å²) in [7, 11) is 0. The molecule has 1 aliphatic rings. The molecule has 0 spiro atoms. The summed E-state index contributed by atoms with van der Waals surface area (Å²) in [5, 5.41) is 2.64. The molecule has 0 bridgehead atoms. The van der Waals surface area contributed by atoms with Gasteiger partial charge in [0.15, 0.2) is 5.78 Å². The lowest BCUT2D eigenvalue weighted by Crippen LogP contribution is -2.18. The van der Waals surface area contributed by atoms with Crippen LogP contribution in [0.5, 0.6) is 0 Å². The van der Waals surface area contributed by atoms with Crippen molar-refractivity contribution < 1.29 is 14.3 Å². The van der Waals surface area contributed by atoms with E-state index in [-0.39, 0.29) is 12.4 Å². The molecule has 7 heteroatoms. The Balaban J connectivity index is 1.31. The van der Waals surface area contributed by atoms with Crippen LogP contribution in [-0.2, 0) is 11.3 Å². The number of hydrogen-bond donors (Lipinski definition) is 1. The summed E-state index contributed by atoms with van der Waals surface area (Å²) in [4.78, 5) is 35.4. The number of nitrogens with zero attached hydrogens (tertiary/aromatic N) is 3. The first-order chi connectivity index (χ1) is 15.7. The summed E-state index contributed by atoms with van der Waals surface area (Å²) < 4.78 is 5.14. The third kappa shape index (κ3) is 5.78. The van der Waals surface area contributed by atoms with E-state index in [0.29, 0.717) is 16.9 Å². The van der Waals surface area contributed by atoms with Gasteiger partial charge in [-0.2, -0.15) is 0 Å². The highest BCUT2D eigenvalue weighted by Gasteiger charge is 2.13. The zero-order valence-corrected chi connectivity index (χ0v) is 17.6. The lowest BCUT2D eigenvalue weighted by molar-refractivity contribution is 0.104. The number of benzene rings is 1. The Bertz CT molecular complexity index is 1090. The molecule has 0 atom stereocenters. The van der Waals surface area contributed by atoms with Gasteiger partial charge in [-0.05, 0) is 73.5 Å². The molecule has 0 aliphatic carbocycles. The fraction of sp³-hybridized carbons (Fsp3) is 0.200. The van der Waals surface area contributed by atoms with Crippen LogP contribution in [0.15, 0.2) is 72.9 Å². The third-order valence-electron chi connectivity index (χ3n) is 5.08. The maximum Gasteiger partial charge on any atom is 0.412 e. The molecule has 0 unspecified atom stereocenters. The molecule has 32 heavy (non-hydrogen) atoms. The van der Waals surface area contributed by atoms with Crippen LogP contribution in [0.1, 0.15) is 34.6 Å². The average Bonchev–Trinajstić information content (AvgIpc) is 3.38. The molecular weight excluding hydrogens is 404 g/mol. The number of amides is 1. The van der Waals surface area contributed by atoms with E-state index in [4.69, 9.17) is 4.74 Å². The minimum atomic E-state index is -0.585. The van der Waals surface area contributed by atoms with Gasteiger partial charge in [0.1, 0.15) is 12.4 Å². The van der Waals surface area contributed by atoms with Gasteiger partial charge in [-0.15, -0.1) is 0 Å². The second-order valence-electron chi connectivity index (χ2n) is 7.41. The molecule has 0 saturated carbocycles. The number of carbonyl (C=O) groups excluding carboxylic acids is 2. The monoisotopic (exact) mass is 428 g/mol. The molecule has 3 aromatic rings. The highest BCUT2D eigenvalue weighted by atomic mass is 16.5. The third-order valence-corrected chi connectivity index (χ3v) is 5.08. The molecule has 1 N–H and O–H groups in total. The van der Waals surface area contributed by atoms with Crippen LogP contribution < -0.4 is 10.2 Å². The molecule has 162 valence electrons. The molecule has 3 heterocycles. The average molecular weight is 428 g/mol. The fourth-order valence-corrected chi connectivity index (χ4v) is 3.41. The van der Waals surface area contributed by atoms with Crippen LogP contribution in [0.4, 0.5) is 16.3 Å². The molecule has 0 radical (unpaired) electrons. The number of ketones is 1. The summed E-state index contributed by atoms with van der Waals surface area (Å²) in [6.07, 6.45) is 6.67. The summed E-state index contributed by atoms with van der Waals surface area (Å²) in [5.41, 5.74) is 2.47. The minimum Gasteiger partial charge on any atom is -0.443 e. The van der Waals surface area contributed by atoms with Crippen molar-refractivity contribution in [2.75, 3.05) is 23.3 Å². The van der Waals surface area contributed by atoms with E-state index in [9.17, 15) is 9.59 Å². The van der Waals surface area contributed by atoms with Crippen molar-refractivity contribution in [2.45, 2.75) is 19.4 Å². The number of ether oxygens (including phenoxy) is 1. The van der Waals surface area contributed by atoms with E-state index in [1.807, 2.05) is 24.3 Å². The molecule has 1 fully saturated rings. The van der Waals surface area contributed by atoms with Gasteiger partial charge in [-0.25, -0.2) is 9.78 Å². The van der Waals surface area contributed by atoms with Gasteiger partial charge in [-0.1, -0.05) is 12.1 Å². The second-order valence-corrected chi connectivity index (χ2v) is 7.41. The van der Waals surface area contributed by atoms with Crippen molar-refractivity contribution in [3.8, 4) is 0 Å². The van der Waals surface area contributed by atoms with E-state index in [0.717, 1.165) is 24.6 Å². The van der Waals surface area contributed by atoms with Crippen molar-refractivity contribution in [3.05, 3.63) is 89.9 Å². The first-order valence-corrected chi connectivity index (χ1v) is 10.6. The number of anilines is 2. The Kier molecular flexibility index (Phi) is 6.87. The molecule has 1 aliphatic heterocycles. The highest BCUT2D eigenvalue weighted by Crippen LogP contribution is 2.18. The number of carbonyl (C=O) groups is 2. The second kappa shape index (κ2) is 10.3. The van der Waals surface area contributed by atoms with Gasteiger partial charge in [0, 0.05) is 30.5 Å². The molecule has 4 rings (SSSR count). The number of allylic oxidation sites excluding steroid dienone is 1. The molecule has 2 aromatic heterocycles. The summed E-state index contributed by atoms with van der Waals surface area (Å²) >= 11 is 0. The van der Waals surface area contributed by atoms with Gasteiger partial charge >= 0.3 is 6.09 Å². The Morgan fingerprint density at radius 3 is 2.56 bits per heavy atom. The first kappa shape index (κ1) is 21.2. The summed E-state index contributed by atoms with van der Waals surface area (Å²) in [5.74, 6) is 0.810. The van der Waals surface area contributed by atoms with Crippen LogP contribution in [0.25, 0.3) is 6.08 Å². The summed E-state index contributed by atoms with van der Waals surface area (Å²) in [6.45, 7) is 2.13.